The zero-order chi connectivity index (χ0) is 13.1. The third-order valence-electron chi connectivity index (χ3n) is 3.97. The topological polar surface area (TPSA) is 12.0 Å². The molecule has 1 rings (SSSR count). The van der Waals surface area contributed by atoms with Crippen molar-refractivity contribution in [3.63, 3.8) is 0 Å². The maximum absolute atomic E-state index is 3.82. The van der Waals surface area contributed by atoms with E-state index in [2.05, 4.69) is 58.6 Å². The van der Waals surface area contributed by atoms with Crippen LogP contribution in [-0.4, -0.2) is 24.1 Å². The molecule has 0 amide bonds. The molecular formula is C15H31NS. The predicted molar refractivity (Wildman–Crippen MR) is 80.7 cm³/mol. The van der Waals surface area contributed by atoms with Gasteiger partial charge in [-0.25, -0.2) is 0 Å². The lowest BCUT2D eigenvalue weighted by Gasteiger charge is -2.36. The van der Waals surface area contributed by atoms with E-state index >= 15 is 0 Å². The van der Waals surface area contributed by atoms with Gasteiger partial charge in [0.15, 0.2) is 0 Å². The molecular weight excluding hydrogens is 226 g/mol. The minimum absolute atomic E-state index is 0.520. The van der Waals surface area contributed by atoms with Crippen LogP contribution in [0.25, 0.3) is 0 Å². The fraction of sp³-hybridized carbons (Fsp3) is 1.00. The summed E-state index contributed by atoms with van der Waals surface area (Å²) in [5.41, 5.74) is 0.520. The first kappa shape index (κ1) is 15.4. The number of hydrogen-bond donors (Lipinski definition) is 1. The molecule has 1 heterocycles. The van der Waals surface area contributed by atoms with Crippen molar-refractivity contribution in [3.8, 4) is 0 Å². The van der Waals surface area contributed by atoms with Crippen LogP contribution in [0.5, 0.6) is 0 Å². The Hall–Kier alpha value is 0.310. The predicted octanol–water partition coefficient (Wildman–Crippen LogP) is 4.04. The van der Waals surface area contributed by atoms with E-state index in [0.29, 0.717) is 5.41 Å². The average molecular weight is 257 g/mol. The third-order valence-corrected chi connectivity index (χ3v) is 5.59. The van der Waals surface area contributed by atoms with Crippen molar-refractivity contribution in [1.82, 2.24) is 5.32 Å². The van der Waals surface area contributed by atoms with Crippen molar-refractivity contribution in [3.05, 3.63) is 0 Å². The molecule has 1 saturated heterocycles. The summed E-state index contributed by atoms with van der Waals surface area (Å²) in [4.78, 5) is 0. The summed E-state index contributed by atoms with van der Waals surface area (Å²) in [6.07, 6.45) is 1.34. The Bertz CT molecular complexity index is 215. The van der Waals surface area contributed by atoms with Gasteiger partial charge in [-0.15, -0.1) is 0 Å². The van der Waals surface area contributed by atoms with Gasteiger partial charge in [0, 0.05) is 11.8 Å². The van der Waals surface area contributed by atoms with Gasteiger partial charge in [0.2, 0.25) is 0 Å². The Morgan fingerprint density at radius 2 is 1.76 bits per heavy atom. The molecule has 1 atom stereocenters. The standard InChI is InChI=1S/C15H31NS/c1-11(2)14(12(3)4)8-16-13-7-15(5,6)10-17-9-13/h11-14,16H,7-10H2,1-6H3. The highest BCUT2D eigenvalue weighted by atomic mass is 32.2. The molecule has 0 aromatic rings. The van der Waals surface area contributed by atoms with Crippen molar-refractivity contribution in [2.45, 2.75) is 54.0 Å². The Kier molecular flexibility index (Phi) is 5.85. The molecule has 0 aromatic heterocycles. The quantitative estimate of drug-likeness (QED) is 0.798. The number of hydrogen-bond acceptors (Lipinski definition) is 2. The van der Waals surface area contributed by atoms with E-state index in [1.165, 1.54) is 24.5 Å². The van der Waals surface area contributed by atoms with E-state index in [0.717, 1.165) is 23.8 Å². The van der Waals surface area contributed by atoms with Gasteiger partial charge in [0.1, 0.15) is 0 Å². The molecule has 0 spiro atoms. The summed E-state index contributed by atoms with van der Waals surface area (Å²) in [5.74, 6) is 5.00. The lowest BCUT2D eigenvalue weighted by atomic mass is 9.84. The van der Waals surface area contributed by atoms with E-state index in [1.54, 1.807) is 0 Å². The maximum Gasteiger partial charge on any atom is 0.0163 e. The van der Waals surface area contributed by atoms with Crippen LogP contribution in [0, 0.1) is 23.2 Å². The first-order valence-electron chi connectivity index (χ1n) is 7.13. The molecule has 0 radical (unpaired) electrons. The summed E-state index contributed by atoms with van der Waals surface area (Å²) in [7, 11) is 0. The largest absolute Gasteiger partial charge is 0.313 e. The Labute approximate surface area is 113 Å². The van der Waals surface area contributed by atoms with Gasteiger partial charge in [-0.05, 0) is 41.9 Å². The minimum atomic E-state index is 0.520. The van der Waals surface area contributed by atoms with E-state index in [9.17, 15) is 0 Å². The zero-order valence-corrected chi connectivity index (χ0v) is 13.4. The Balaban J connectivity index is 2.38. The van der Waals surface area contributed by atoms with Crippen LogP contribution in [0.4, 0.5) is 0 Å². The molecule has 17 heavy (non-hydrogen) atoms. The third kappa shape index (κ3) is 5.21. The summed E-state index contributed by atoms with van der Waals surface area (Å²) < 4.78 is 0. The van der Waals surface area contributed by atoms with Crippen molar-refractivity contribution in [1.29, 1.82) is 0 Å². The van der Waals surface area contributed by atoms with Gasteiger partial charge in [0.05, 0.1) is 0 Å². The van der Waals surface area contributed by atoms with E-state index in [1.807, 2.05) is 0 Å². The molecule has 2 heteroatoms. The number of thioether (sulfide) groups is 1. The molecule has 1 unspecified atom stereocenters. The lowest BCUT2D eigenvalue weighted by Crippen LogP contribution is -2.43. The number of nitrogens with one attached hydrogen (secondary N) is 1. The maximum atomic E-state index is 3.82. The molecule has 1 aliphatic heterocycles. The van der Waals surface area contributed by atoms with Gasteiger partial charge in [-0.1, -0.05) is 41.5 Å². The van der Waals surface area contributed by atoms with E-state index in [4.69, 9.17) is 0 Å². The second-order valence-electron chi connectivity index (χ2n) is 7.14. The van der Waals surface area contributed by atoms with Crippen LogP contribution < -0.4 is 5.32 Å². The minimum Gasteiger partial charge on any atom is -0.313 e. The zero-order valence-electron chi connectivity index (χ0n) is 12.5. The van der Waals surface area contributed by atoms with Crippen molar-refractivity contribution in [2.75, 3.05) is 18.1 Å². The van der Waals surface area contributed by atoms with Crippen LogP contribution >= 0.6 is 11.8 Å². The van der Waals surface area contributed by atoms with Crippen molar-refractivity contribution < 1.29 is 0 Å². The summed E-state index contributed by atoms with van der Waals surface area (Å²) in [5, 5.41) is 3.82. The van der Waals surface area contributed by atoms with Crippen LogP contribution in [0.1, 0.15) is 48.0 Å². The molecule has 1 nitrogen and oxygen atoms in total. The van der Waals surface area contributed by atoms with Gasteiger partial charge in [-0.2, -0.15) is 11.8 Å². The van der Waals surface area contributed by atoms with Crippen LogP contribution in [0.3, 0.4) is 0 Å². The van der Waals surface area contributed by atoms with Gasteiger partial charge in [0.25, 0.3) is 0 Å². The van der Waals surface area contributed by atoms with E-state index < -0.39 is 0 Å². The molecule has 1 fully saturated rings. The lowest BCUT2D eigenvalue weighted by molar-refractivity contribution is 0.247. The molecule has 0 aliphatic carbocycles. The first-order valence-corrected chi connectivity index (χ1v) is 8.28. The molecule has 1 aliphatic rings. The first-order chi connectivity index (χ1) is 7.82. The molecule has 0 saturated carbocycles. The van der Waals surface area contributed by atoms with Crippen LogP contribution in [0.2, 0.25) is 0 Å². The van der Waals surface area contributed by atoms with Gasteiger partial charge >= 0.3 is 0 Å². The van der Waals surface area contributed by atoms with Gasteiger partial charge in [-0.3, -0.25) is 0 Å². The monoisotopic (exact) mass is 257 g/mol. The Morgan fingerprint density at radius 3 is 2.24 bits per heavy atom. The molecule has 102 valence electrons. The fourth-order valence-electron chi connectivity index (χ4n) is 2.94. The highest BCUT2D eigenvalue weighted by Crippen LogP contribution is 2.33. The van der Waals surface area contributed by atoms with Gasteiger partial charge < -0.3 is 5.32 Å². The SMILES string of the molecule is CC(C)C(CNC1CSCC(C)(C)C1)C(C)C. The van der Waals surface area contributed by atoms with Crippen molar-refractivity contribution >= 4 is 11.8 Å². The highest BCUT2D eigenvalue weighted by molar-refractivity contribution is 7.99. The molecule has 0 bridgehead atoms. The molecule has 1 N–H and O–H groups in total. The summed E-state index contributed by atoms with van der Waals surface area (Å²) in [6.45, 7) is 15.4. The second kappa shape index (κ2) is 6.47. The second-order valence-corrected chi connectivity index (χ2v) is 8.17. The van der Waals surface area contributed by atoms with Crippen molar-refractivity contribution in [2.24, 2.45) is 23.2 Å². The average Bonchev–Trinajstić information content (AvgIpc) is 2.15. The van der Waals surface area contributed by atoms with Crippen LogP contribution in [0.15, 0.2) is 0 Å². The normalized spacial score (nSPS) is 24.9. The Morgan fingerprint density at radius 1 is 1.18 bits per heavy atom. The number of rotatable bonds is 5. The smallest absolute Gasteiger partial charge is 0.0163 e. The fourth-order valence-corrected chi connectivity index (χ4v) is 4.25. The molecule has 0 aromatic carbocycles. The highest BCUT2D eigenvalue weighted by Gasteiger charge is 2.29. The van der Waals surface area contributed by atoms with E-state index in [-0.39, 0.29) is 0 Å². The summed E-state index contributed by atoms with van der Waals surface area (Å²) >= 11 is 2.12. The van der Waals surface area contributed by atoms with Crippen LogP contribution in [-0.2, 0) is 0 Å². The summed E-state index contributed by atoms with van der Waals surface area (Å²) in [6, 6.07) is 0.726.